The van der Waals surface area contributed by atoms with Crippen molar-refractivity contribution in [1.29, 1.82) is 0 Å². The van der Waals surface area contributed by atoms with Crippen molar-refractivity contribution in [2.45, 2.75) is 39.6 Å². The Labute approximate surface area is 223 Å². The number of benzene rings is 1. The van der Waals surface area contributed by atoms with Crippen molar-refractivity contribution in [2.75, 3.05) is 24.4 Å². The first kappa shape index (κ1) is 26.0. The van der Waals surface area contributed by atoms with Crippen LogP contribution in [0.4, 0.5) is 17.6 Å². The zero-order valence-electron chi connectivity index (χ0n) is 22.0. The molecule has 0 spiro atoms. The predicted octanol–water partition coefficient (Wildman–Crippen LogP) is 3.42. The molecule has 3 N–H and O–H groups in total. The van der Waals surface area contributed by atoms with Crippen molar-refractivity contribution in [3.05, 3.63) is 70.5 Å². The molecule has 0 saturated carbocycles. The van der Waals surface area contributed by atoms with Gasteiger partial charge in [0.05, 0.1) is 23.6 Å². The first-order valence-electron chi connectivity index (χ1n) is 12.4. The molecule has 39 heavy (non-hydrogen) atoms. The summed E-state index contributed by atoms with van der Waals surface area (Å²) in [6, 6.07) is 12.4. The van der Waals surface area contributed by atoms with Gasteiger partial charge in [-0.05, 0) is 31.5 Å². The van der Waals surface area contributed by atoms with Crippen LogP contribution in [0.1, 0.15) is 37.4 Å². The van der Waals surface area contributed by atoms with Crippen LogP contribution in [0.15, 0.2) is 57.9 Å². The summed E-state index contributed by atoms with van der Waals surface area (Å²) in [5.74, 6) is 1.70. The third kappa shape index (κ3) is 5.22. The molecule has 1 aromatic carbocycles. The van der Waals surface area contributed by atoms with Gasteiger partial charge in [-0.3, -0.25) is 9.48 Å². The highest BCUT2D eigenvalue weighted by atomic mass is 16.5. The maximum Gasteiger partial charge on any atom is 0.278 e. The summed E-state index contributed by atoms with van der Waals surface area (Å²) in [6.07, 6.45) is 1.56. The largest absolute Gasteiger partial charge is 0.421 e. The van der Waals surface area contributed by atoms with E-state index >= 15 is 0 Å². The molecule has 5 aromatic rings. The molecule has 0 fully saturated rings. The SMILES string of the molecule is COCn1c(=O)c2ccc(Nc3ncc(-c4nnc(C)o4)c(N[C@H](CO)c4ccccc4)n3)nc2n1C(C)C. The normalized spacial score (nSPS) is 12.3. The summed E-state index contributed by atoms with van der Waals surface area (Å²) < 4.78 is 14.2. The summed E-state index contributed by atoms with van der Waals surface area (Å²) in [4.78, 5) is 26.7. The topological polar surface area (TPSA) is 158 Å². The van der Waals surface area contributed by atoms with Crippen molar-refractivity contribution in [3.63, 3.8) is 0 Å². The van der Waals surface area contributed by atoms with E-state index in [0.717, 1.165) is 5.56 Å². The lowest BCUT2D eigenvalue weighted by Crippen LogP contribution is -2.25. The first-order valence-corrected chi connectivity index (χ1v) is 12.4. The fourth-order valence-corrected chi connectivity index (χ4v) is 4.29. The van der Waals surface area contributed by atoms with Crippen molar-refractivity contribution in [1.82, 2.24) is 34.5 Å². The van der Waals surface area contributed by atoms with E-state index in [1.807, 2.05) is 44.2 Å². The highest BCUT2D eigenvalue weighted by molar-refractivity contribution is 5.77. The van der Waals surface area contributed by atoms with Gasteiger partial charge in [0.2, 0.25) is 11.8 Å². The Morgan fingerprint density at radius 2 is 1.90 bits per heavy atom. The van der Waals surface area contributed by atoms with Crippen LogP contribution in [-0.2, 0) is 11.5 Å². The van der Waals surface area contributed by atoms with E-state index in [1.165, 1.54) is 11.8 Å². The Morgan fingerprint density at radius 3 is 2.56 bits per heavy atom. The van der Waals surface area contributed by atoms with Gasteiger partial charge in [-0.2, -0.15) is 4.98 Å². The van der Waals surface area contributed by atoms with Gasteiger partial charge in [-0.25, -0.2) is 14.6 Å². The van der Waals surface area contributed by atoms with Gasteiger partial charge in [-0.1, -0.05) is 30.3 Å². The Morgan fingerprint density at radius 1 is 1.10 bits per heavy atom. The molecular formula is C26H29N9O4. The second kappa shape index (κ2) is 11.0. The van der Waals surface area contributed by atoms with E-state index in [2.05, 4.69) is 35.8 Å². The Balaban J connectivity index is 1.53. The molecule has 4 heterocycles. The van der Waals surface area contributed by atoms with E-state index < -0.39 is 6.04 Å². The van der Waals surface area contributed by atoms with Gasteiger partial charge in [0.1, 0.15) is 18.4 Å². The summed E-state index contributed by atoms with van der Waals surface area (Å²) in [5, 5.41) is 25.0. The molecule has 202 valence electrons. The molecule has 0 aliphatic rings. The first-order chi connectivity index (χ1) is 18.9. The molecule has 0 amide bonds. The van der Waals surface area contributed by atoms with Crippen LogP contribution < -0.4 is 16.2 Å². The predicted molar refractivity (Wildman–Crippen MR) is 145 cm³/mol. The van der Waals surface area contributed by atoms with Gasteiger partial charge in [0, 0.05) is 26.3 Å². The highest BCUT2D eigenvalue weighted by Crippen LogP contribution is 2.29. The Hall–Kier alpha value is -4.62. The molecule has 4 aromatic heterocycles. The Bertz CT molecular complexity index is 1640. The molecule has 13 heteroatoms. The minimum Gasteiger partial charge on any atom is -0.421 e. The van der Waals surface area contributed by atoms with Crippen LogP contribution in [0, 0.1) is 6.92 Å². The molecular weight excluding hydrogens is 502 g/mol. The molecule has 0 aliphatic heterocycles. The van der Waals surface area contributed by atoms with E-state index in [4.69, 9.17) is 9.15 Å². The molecule has 5 rings (SSSR count). The van der Waals surface area contributed by atoms with Gasteiger partial charge < -0.3 is 24.9 Å². The van der Waals surface area contributed by atoms with Crippen molar-refractivity contribution in [3.8, 4) is 11.5 Å². The number of nitrogens with one attached hydrogen (secondary N) is 2. The quantitative estimate of drug-likeness (QED) is 0.242. The highest BCUT2D eigenvalue weighted by Gasteiger charge is 2.20. The summed E-state index contributed by atoms with van der Waals surface area (Å²) in [7, 11) is 1.54. The third-order valence-corrected chi connectivity index (χ3v) is 6.04. The second-order valence-corrected chi connectivity index (χ2v) is 9.13. The molecule has 0 saturated heterocycles. The zero-order chi connectivity index (χ0) is 27.5. The minimum absolute atomic E-state index is 0.0364. The van der Waals surface area contributed by atoms with Gasteiger partial charge >= 0.3 is 0 Å². The van der Waals surface area contributed by atoms with Crippen LogP contribution in [0.3, 0.4) is 0 Å². The molecule has 0 aliphatic carbocycles. The summed E-state index contributed by atoms with van der Waals surface area (Å²) >= 11 is 0. The van der Waals surface area contributed by atoms with E-state index in [1.54, 1.807) is 29.9 Å². The van der Waals surface area contributed by atoms with Crippen molar-refractivity contribution in [2.24, 2.45) is 0 Å². The number of aromatic nitrogens is 7. The van der Waals surface area contributed by atoms with Crippen molar-refractivity contribution >= 4 is 28.6 Å². The zero-order valence-corrected chi connectivity index (χ0v) is 22.0. The van der Waals surface area contributed by atoms with Crippen molar-refractivity contribution < 1.29 is 14.3 Å². The van der Waals surface area contributed by atoms with Gasteiger partial charge in [-0.15, -0.1) is 10.2 Å². The Kier molecular flexibility index (Phi) is 7.34. The lowest BCUT2D eigenvalue weighted by molar-refractivity contribution is 0.103. The number of nitrogens with zero attached hydrogens (tertiary/aromatic N) is 7. The number of aliphatic hydroxyl groups excluding tert-OH is 1. The lowest BCUT2D eigenvalue weighted by Gasteiger charge is -2.19. The molecule has 0 unspecified atom stereocenters. The monoisotopic (exact) mass is 531 g/mol. The molecule has 0 bridgehead atoms. The molecule has 13 nitrogen and oxygen atoms in total. The number of hydrogen-bond donors (Lipinski definition) is 3. The molecule has 0 radical (unpaired) electrons. The second-order valence-electron chi connectivity index (χ2n) is 9.13. The number of aryl methyl sites for hydroxylation is 1. The summed E-state index contributed by atoms with van der Waals surface area (Å²) in [6.45, 7) is 5.56. The number of pyridine rings is 1. The van der Waals surface area contributed by atoms with Crippen LogP contribution in [0.2, 0.25) is 0 Å². The van der Waals surface area contributed by atoms with E-state index in [9.17, 15) is 9.90 Å². The average Bonchev–Trinajstić information content (AvgIpc) is 3.48. The number of rotatable bonds is 10. The number of methoxy groups -OCH3 is 1. The average molecular weight is 532 g/mol. The van der Waals surface area contributed by atoms with Crippen LogP contribution in [-0.4, -0.2) is 53.3 Å². The van der Waals surface area contributed by atoms with Crippen LogP contribution in [0.25, 0.3) is 22.5 Å². The lowest BCUT2D eigenvalue weighted by atomic mass is 10.1. The maximum atomic E-state index is 12.9. The smallest absolute Gasteiger partial charge is 0.278 e. The third-order valence-electron chi connectivity index (χ3n) is 6.04. The molecule has 1 atom stereocenters. The fraction of sp³-hybridized carbons (Fsp3) is 0.308. The number of anilines is 3. The fourth-order valence-electron chi connectivity index (χ4n) is 4.29. The number of aliphatic hydroxyl groups is 1. The van der Waals surface area contributed by atoms with E-state index in [0.29, 0.717) is 34.1 Å². The number of ether oxygens (including phenoxy) is 1. The standard InChI is InChI=1S/C26H29N9O4/c1-15(2)35-23-18(25(37)34(35)14-38-4)10-11-21(29-23)30-26-27-12-19(24-33-32-16(3)39-24)22(31-26)28-20(13-36)17-8-6-5-7-9-17/h5-12,15,20,36H,13-14H2,1-4H3,(H2,27,28,29,30,31)/t20-/m1/s1. The van der Waals surface area contributed by atoms with Gasteiger partial charge in [0.25, 0.3) is 11.4 Å². The van der Waals surface area contributed by atoms with E-state index in [-0.39, 0.29) is 36.8 Å². The summed E-state index contributed by atoms with van der Waals surface area (Å²) in [5.41, 5.74) is 1.68. The number of hydrogen-bond acceptors (Lipinski definition) is 11. The van der Waals surface area contributed by atoms with Crippen LogP contribution in [0.5, 0.6) is 0 Å². The minimum atomic E-state index is -0.452. The maximum absolute atomic E-state index is 12.9. The number of fused-ring (bicyclic) bond motifs is 1. The van der Waals surface area contributed by atoms with Gasteiger partial charge in [0.15, 0.2) is 5.65 Å². The van der Waals surface area contributed by atoms with Crippen LogP contribution >= 0.6 is 0 Å².